The molecule has 0 aliphatic carbocycles. The van der Waals surface area contributed by atoms with Crippen molar-refractivity contribution in [2.24, 2.45) is 11.3 Å². The predicted octanol–water partition coefficient (Wildman–Crippen LogP) is 3.87. The second-order valence-electron chi connectivity index (χ2n) is 6.89. The zero-order chi connectivity index (χ0) is 13.8. The zero-order valence-electron chi connectivity index (χ0n) is 13.0. The van der Waals surface area contributed by atoms with Gasteiger partial charge in [0.1, 0.15) is 0 Å². The Hall–Kier alpha value is -0.860. The van der Waals surface area contributed by atoms with E-state index in [2.05, 4.69) is 56.5 Å². The fraction of sp³-hybridized carbons (Fsp3) is 0.867. The summed E-state index contributed by atoms with van der Waals surface area (Å²) in [5, 5.41) is 8.78. The van der Waals surface area contributed by atoms with Gasteiger partial charge in [-0.2, -0.15) is 0 Å². The number of hydrogen-bond acceptors (Lipinski definition) is 2. The molecule has 3 nitrogen and oxygen atoms in total. The van der Waals surface area contributed by atoms with E-state index in [-0.39, 0.29) is 5.41 Å². The molecule has 0 bridgehead atoms. The monoisotopic (exact) mass is 251 g/mol. The van der Waals surface area contributed by atoms with E-state index in [1.807, 2.05) is 0 Å². The number of aryl methyl sites for hydroxylation is 1. The minimum absolute atomic E-state index is 0.275. The number of unbranched alkanes of at least 4 members (excludes halogenated alkanes) is 1. The van der Waals surface area contributed by atoms with E-state index in [0.717, 1.165) is 19.4 Å². The van der Waals surface area contributed by atoms with Crippen LogP contribution in [0.15, 0.2) is 0 Å². The number of hydrogen-bond donors (Lipinski definition) is 0. The van der Waals surface area contributed by atoms with E-state index in [0.29, 0.717) is 5.92 Å². The molecule has 1 aromatic rings. The van der Waals surface area contributed by atoms with E-state index in [4.69, 9.17) is 0 Å². The predicted molar refractivity (Wildman–Crippen MR) is 76.6 cm³/mol. The lowest BCUT2D eigenvalue weighted by molar-refractivity contribution is 0.403. The van der Waals surface area contributed by atoms with Gasteiger partial charge < -0.3 is 0 Å². The van der Waals surface area contributed by atoms with Gasteiger partial charge in [-0.1, -0.05) is 53.2 Å². The molecule has 1 rings (SSSR count). The molecule has 0 radical (unpaired) electrons. The molecular formula is C15H29N3. The second-order valence-corrected chi connectivity index (χ2v) is 6.89. The summed E-state index contributed by atoms with van der Waals surface area (Å²) in [5.41, 5.74) is 2.83. The van der Waals surface area contributed by atoms with Crippen LogP contribution in [0.4, 0.5) is 0 Å². The van der Waals surface area contributed by atoms with Gasteiger partial charge in [-0.25, -0.2) is 4.68 Å². The maximum atomic E-state index is 4.42. The van der Waals surface area contributed by atoms with Crippen LogP contribution in [-0.4, -0.2) is 15.0 Å². The Balaban J connectivity index is 2.91. The molecule has 0 N–H and O–H groups in total. The smallest absolute Gasteiger partial charge is 0.0864 e. The number of aromatic nitrogens is 3. The third-order valence-electron chi connectivity index (χ3n) is 2.94. The van der Waals surface area contributed by atoms with Gasteiger partial charge in [0, 0.05) is 6.54 Å². The van der Waals surface area contributed by atoms with Crippen LogP contribution in [0, 0.1) is 11.3 Å². The SMILES string of the molecule is CCCCn1nnc(CC(C)(C)C)c1CC(C)C. The van der Waals surface area contributed by atoms with Gasteiger partial charge in [-0.05, 0) is 30.6 Å². The Morgan fingerprint density at radius 2 is 1.89 bits per heavy atom. The molecule has 18 heavy (non-hydrogen) atoms. The Morgan fingerprint density at radius 1 is 1.22 bits per heavy atom. The molecular weight excluding hydrogens is 222 g/mol. The summed E-state index contributed by atoms with van der Waals surface area (Å²) in [6.45, 7) is 14.5. The Kier molecular flexibility index (Phi) is 5.36. The quantitative estimate of drug-likeness (QED) is 0.768. The van der Waals surface area contributed by atoms with Crippen molar-refractivity contribution in [2.75, 3.05) is 0 Å². The molecule has 0 saturated heterocycles. The zero-order valence-corrected chi connectivity index (χ0v) is 13.0. The lowest BCUT2D eigenvalue weighted by atomic mass is 9.89. The third kappa shape index (κ3) is 4.79. The summed E-state index contributed by atoms with van der Waals surface area (Å²) >= 11 is 0. The van der Waals surface area contributed by atoms with E-state index in [1.165, 1.54) is 24.2 Å². The lowest BCUT2D eigenvalue weighted by Gasteiger charge is -2.18. The highest BCUT2D eigenvalue weighted by molar-refractivity contribution is 5.12. The minimum Gasteiger partial charge on any atom is -0.249 e. The van der Waals surface area contributed by atoms with Crippen LogP contribution in [-0.2, 0) is 19.4 Å². The van der Waals surface area contributed by atoms with Crippen LogP contribution in [0.2, 0.25) is 0 Å². The van der Waals surface area contributed by atoms with Crippen molar-refractivity contribution in [2.45, 2.75) is 73.8 Å². The van der Waals surface area contributed by atoms with Gasteiger partial charge in [-0.3, -0.25) is 0 Å². The van der Waals surface area contributed by atoms with E-state index < -0.39 is 0 Å². The van der Waals surface area contributed by atoms with Crippen molar-refractivity contribution in [1.82, 2.24) is 15.0 Å². The summed E-state index contributed by atoms with van der Waals surface area (Å²) in [5.74, 6) is 0.655. The molecule has 0 unspecified atom stereocenters. The molecule has 0 spiro atoms. The fourth-order valence-corrected chi connectivity index (χ4v) is 2.11. The molecule has 0 aliphatic rings. The van der Waals surface area contributed by atoms with Crippen molar-refractivity contribution < 1.29 is 0 Å². The summed E-state index contributed by atoms with van der Waals surface area (Å²) < 4.78 is 2.13. The summed E-state index contributed by atoms with van der Waals surface area (Å²) in [7, 11) is 0. The largest absolute Gasteiger partial charge is 0.249 e. The van der Waals surface area contributed by atoms with Crippen molar-refractivity contribution in [3.8, 4) is 0 Å². The highest BCUT2D eigenvalue weighted by Gasteiger charge is 2.19. The molecule has 104 valence electrons. The maximum Gasteiger partial charge on any atom is 0.0864 e. The molecule has 1 aromatic heterocycles. The summed E-state index contributed by atoms with van der Waals surface area (Å²) in [6, 6.07) is 0. The molecule has 0 fully saturated rings. The lowest BCUT2D eigenvalue weighted by Crippen LogP contribution is -2.14. The van der Waals surface area contributed by atoms with Gasteiger partial charge in [-0.15, -0.1) is 5.10 Å². The van der Waals surface area contributed by atoms with Gasteiger partial charge >= 0.3 is 0 Å². The van der Waals surface area contributed by atoms with Gasteiger partial charge in [0.2, 0.25) is 0 Å². The first kappa shape index (κ1) is 15.2. The third-order valence-corrected chi connectivity index (χ3v) is 2.94. The standard InChI is InChI=1S/C15H29N3/c1-7-8-9-18-14(10-12(2)3)13(16-17-18)11-15(4,5)6/h12H,7-11H2,1-6H3. The molecule has 0 aromatic carbocycles. The molecule has 3 heteroatoms. The Bertz CT molecular complexity index is 358. The van der Waals surface area contributed by atoms with Crippen LogP contribution in [0.1, 0.15) is 65.8 Å². The van der Waals surface area contributed by atoms with Gasteiger partial charge in [0.15, 0.2) is 0 Å². The number of nitrogens with zero attached hydrogens (tertiary/aromatic N) is 3. The van der Waals surface area contributed by atoms with E-state index in [1.54, 1.807) is 0 Å². The average molecular weight is 251 g/mol. The van der Waals surface area contributed by atoms with Crippen LogP contribution in [0.5, 0.6) is 0 Å². The van der Waals surface area contributed by atoms with E-state index in [9.17, 15) is 0 Å². The molecule has 0 amide bonds. The summed E-state index contributed by atoms with van der Waals surface area (Å²) in [4.78, 5) is 0. The van der Waals surface area contributed by atoms with Crippen LogP contribution < -0.4 is 0 Å². The first-order chi connectivity index (χ1) is 8.33. The van der Waals surface area contributed by atoms with Crippen LogP contribution in [0.3, 0.4) is 0 Å². The topological polar surface area (TPSA) is 30.7 Å². The molecule has 0 saturated carbocycles. The number of rotatable bonds is 6. The minimum atomic E-state index is 0.275. The van der Waals surface area contributed by atoms with Crippen molar-refractivity contribution >= 4 is 0 Å². The Morgan fingerprint density at radius 3 is 2.39 bits per heavy atom. The van der Waals surface area contributed by atoms with Crippen molar-refractivity contribution in [3.05, 3.63) is 11.4 Å². The normalized spacial score (nSPS) is 12.4. The van der Waals surface area contributed by atoms with Crippen molar-refractivity contribution in [1.29, 1.82) is 0 Å². The molecule has 0 aliphatic heterocycles. The first-order valence-corrected chi connectivity index (χ1v) is 7.24. The van der Waals surface area contributed by atoms with Gasteiger partial charge in [0.05, 0.1) is 11.4 Å². The Labute approximate surface area is 112 Å². The second kappa shape index (κ2) is 6.35. The van der Waals surface area contributed by atoms with Crippen LogP contribution >= 0.6 is 0 Å². The highest BCUT2D eigenvalue weighted by Crippen LogP contribution is 2.23. The summed E-state index contributed by atoms with van der Waals surface area (Å²) in [6.07, 6.45) is 4.49. The first-order valence-electron chi connectivity index (χ1n) is 7.24. The maximum absolute atomic E-state index is 4.42. The fourth-order valence-electron chi connectivity index (χ4n) is 2.11. The molecule has 1 heterocycles. The van der Waals surface area contributed by atoms with Crippen LogP contribution in [0.25, 0.3) is 0 Å². The van der Waals surface area contributed by atoms with Gasteiger partial charge in [0.25, 0.3) is 0 Å². The molecule has 0 atom stereocenters. The highest BCUT2D eigenvalue weighted by atomic mass is 15.4. The average Bonchev–Trinajstić information content (AvgIpc) is 2.55. The van der Waals surface area contributed by atoms with E-state index >= 15 is 0 Å². The van der Waals surface area contributed by atoms with Crippen molar-refractivity contribution in [3.63, 3.8) is 0 Å².